The summed E-state index contributed by atoms with van der Waals surface area (Å²) in [4.78, 5) is 4.28. The zero-order chi connectivity index (χ0) is 10.7. The van der Waals surface area contributed by atoms with Crippen molar-refractivity contribution in [1.82, 2.24) is 4.98 Å². The lowest BCUT2D eigenvalue weighted by atomic mass is 10.1. The van der Waals surface area contributed by atoms with Gasteiger partial charge in [-0.3, -0.25) is 4.98 Å². The molecular formula is C12H9BrClN. The lowest BCUT2D eigenvalue weighted by molar-refractivity contribution is 1.40. The van der Waals surface area contributed by atoms with Gasteiger partial charge in [-0.05, 0) is 23.8 Å². The van der Waals surface area contributed by atoms with Crippen LogP contribution >= 0.6 is 27.5 Å². The molecule has 0 saturated carbocycles. The van der Waals surface area contributed by atoms with E-state index in [1.165, 1.54) is 0 Å². The molecule has 0 N–H and O–H groups in total. The number of aromatic nitrogens is 1. The van der Waals surface area contributed by atoms with Crippen molar-refractivity contribution in [3.05, 3.63) is 47.1 Å². The number of allylic oxidation sites excluding steroid dienone is 1. The highest BCUT2D eigenvalue weighted by Gasteiger charge is 1.99. The molecular weight excluding hydrogens is 273 g/mol. The van der Waals surface area contributed by atoms with Gasteiger partial charge >= 0.3 is 0 Å². The van der Waals surface area contributed by atoms with E-state index >= 15 is 0 Å². The van der Waals surface area contributed by atoms with Crippen LogP contribution < -0.4 is 0 Å². The Hall–Kier alpha value is -0.860. The predicted molar refractivity (Wildman–Crippen MR) is 69.6 cm³/mol. The molecule has 15 heavy (non-hydrogen) atoms. The monoisotopic (exact) mass is 281 g/mol. The topological polar surface area (TPSA) is 12.9 Å². The van der Waals surface area contributed by atoms with Gasteiger partial charge in [0, 0.05) is 21.9 Å². The molecule has 0 aliphatic carbocycles. The number of hydrogen-bond donors (Lipinski definition) is 0. The average molecular weight is 283 g/mol. The van der Waals surface area contributed by atoms with Crippen LogP contribution in [0.25, 0.3) is 17.0 Å². The molecule has 2 aromatic rings. The third-order valence-corrected chi connectivity index (χ3v) is 2.73. The van der Waals surface area contributed by atoms with Crippen molar-refractivity contribution < 1.29 is 0 Å². The molecule has 0 aliphatic rings. The molecule has 2 rings (SSSR count). The first-order valence-corrected chi connectivity index (χ1v) is 6.08. The van der Waals surface area contributed by atoms with E-state index in [0.717, 1.165) is 26.8 Å². The molecule has 3 heteroatoms. The SMILES string of the molecule is Clc1ccc2c(C=CCBr)ccnc2c1. The highest BCUT2D eigenvalue weighted by molar-refractivity contribution is 9.09. The van der Waals surface area contributed by atoms with Crippen LogP contribution in [-0.4, -0.2) is 10.3 Å². The number of fused-ring (bicyclic) bond motifs is 1. The second-order valence-electron chi connectivity index (χ2n) is 3.12. The number of pyridine rings is 1. The van der Waals surface area contributed by atoms with Gasteiger partial charge in [-0.15, -0.1) is 0 Å². The van der Waals surface area contributed by atoms with Gasteiger partial charge in [0.25, 0.3) is 0 Å². The third kappa shape index (κ3) is 2.39. The minimum Gasteiger partial charge on any atom is -0.256 e. The van der Waals surface area contributed by atoms with Crippen molar-refractivity contribution in [2.24, 2.45) is 0 Å². The Balaban J connectivity index is 2.60. The first-order chi connectivity index (χ1) is 7.31. The van der Waals surface area contributed by atoms with E-state index in [9.17, 15) is 0 Å². The molecule has 0 spiro atoms. The molecule has 0 amide bonds. The van der Waals surface area contributed by atoms with E-state index in [4.69, 9.17) is 11.6 Å². The molecule has 0 bridgehead atoms. The summed E-state index contributed by atoms with van der Waals surface area (Å²) < 4.78 is 0. The Morgan fingerprint density at radius 1 is 1.33 bits per heavy atom. The first kappa shape index (κ1) is 10.7. The van der Waals surface area contributed by atoms with E-state index in [0.29, 0.717) is 0 Å². The standard InChI is InChI=1S/C12H9BrClN/c13-6-1-2-9-5-7-15-12-8-10(14)3-4-11(9)12/h1-5,7-8H,6H2. The number of nitrogens with zero attached hydrogens (tertiary/aromatic N) is 1. The smallest absolute Gasteiger partial charge is 0.0722 e. The normalized spacial score (nSPS) is 11.3. The molecule has 0 unspecified atom stereocenters. The van der Waals surface area contributed by atoms with E-state index in [1.807, 2.05) is 24.3 Å². The summed E-state index contributed by atoms with van der Waals surface area (Å²) in [5.74, 6) is 0. The third-order valence-electron chi connectivity index (χ3n) is 2.12. The summed E-state index contributed by atoms with van der Waals surface area (Å²) in [5, 5.41) is 2.69. The highest BCUT2D eigenvalue weighted by atomic mass is 79.9. The maximum absolute atomic E-state index is 5.91. The van der Waals surface area contributed by atoms with Crippen LogP contribution in [0, 0.1) is 0 Å². The van der Waals surface area contributed by atoms with E-state index in [1.54, 1.807) is 6.20 Å². The van der Waals surface area contributed by atoms with E-state index in [2.05, 4.69) is 33.1 Å². The number of alkyl halides is 1. The van der Waals surface area contributed by atoms with Crippen molar-refractivity contribution in [1.29, 1.82) is 0 Å². The second-order valence-corrected chi connectivity index (χ2v) is 4.20. The zero-order valence-electron chi connectivity index (χ0n) is 7.95. The van der Waals surface area contributed by atoms with Gasteiger partial charge in [0.1, 0.15) is 0 Å². The first-order valence-electron chi connectivity index (χ1n) is 4.58. The van der Waals surface area contributed by atoms with Gasteiger partial charge < -0.3 is 0 Å². The molecule has 0 aliphatic heterocycles. The molecule has 0 saturated heterocycles. The summed E-state index contributed by atoms with van der Waals surface area (Å²) in [6.07, 6.45) is 5.93. The Morgan fingerprint density at radius 3 is 3.00 bits per heavy atom. The van der Waals surface area contributed by atoms with Crippen LogP contribution in [0.3, 0.4) is 0 Å². The molecule has 0 atom stereocenters. The largest absolute Gasteiger partial charge is 0.256 e. The lowest BCUT2D eigenvalue weighted by Gasteiger charge is -2.01. The Morgan fingerprint density at radius 2 is 2.20 bits per heavy atom. The summed E-state index contributed by atoms with van der Waals surface area (Å²) in [6.45, 7) is 0. The number of benzene rings is 1. The minimum absolute atomic E-state index is 0.719. The van der Waals surface area contributed by atoms with Gasteiger partial charge in [0.05, 0.1) is 5.52 Å². The summed E-state index contributed by atoms with van der Waals surface area (Å²) in [5.41, 5.74) is 2.09. The van der Waals surface area contributed by atoms with Gasteiger partial charge in [-0.2, -0.15) is 0 Å². The fourth-order valence-corrected chi connectivity index (χ4v) is 1.81. The summed E-state index contributed by atoms with van der Waals surface area (Å²) in [7, 11) is 0. The molecule has 1 aromatic heterocycles. The maximum Gasteiger partial charge on any atom is 0.0722 e. The van der Waals surface area contributed by atoms with Crippen LogP contribution in [0.1, 0.15) is 5.56 Å². The van der Waals surface area contributed by atoms with Gasteiger partial charge in [-0.1, -0.05) is 45.7 Å². The molecule has 0 fully saturated rings. The number of halogens is 2. The average Bonchev–Trinajstić information content (AvgIpc) is 2.25. The quantitative estimate of drug-likeness (QED) is 0.749. The van der Waals surface area contributed by atoms with E-state index in [-0.39, 0.29) is 0 Å². The zero-order valence-corrected chi connectivity index (χ0v) is 10.3. The van der Waals surface area contributed by atoms with Crippen LogP contribution in [0.5, 0.6) is 0 Å². The minimum atomic E-state index is 0.719. The van der Waals surface area contributed by atoms with Crippen molar-refractivity contribution in [3.8, 4) is 0 Å². The van der Waals surface area contributed by atoms with Crippen LogP contribution in [0.2, 0.25) is 5.02 Å². The second kappa shape index (κ2) is 4.77. The molecule has 1 heterocycles. The number of rotatable bonds is 2. The molecule has 76 valence electrons. The highest BCUT2D eigenvalue weighted by Crippen LogP contribution is 2.21. The molecule has 1 aromatic carbocycles. The van der Waals surface area contributed by atoms with Crippen molar-refractivity contribution >= 4 is 44.5 Å². The van der Waals surface area contributed by atoms with Gasteiger partial charge in [-0.25, -0.2) is 0 Å². The Kier molecular flexibility index (Phi) is 3.39. The van der Waals surface area contributed by atoms with Crippen LogP contribution in [0.15, 0.2) is 36.5 Å². The van der Waals surface area contributed by atoms with Crippen LogP contribution in [-0.2, 0) is 0 Å². The lowest BCUT2D eigenvalue weighted by Crippen LogP contribution is -1.82. The predicted octanol–water partition coefficient (Wildman–Crippen LogP) is 4.30. The van der Waals surface area contributed by atoms with Crippen molar-refractivity contribution in [2.75, 3.05) is 5.33 Å². The number of hydrogen-bond acceptors (Lipinski definition) is 1. The van der Waals surface area contributed by atoms with Crippen molar-refractivity contribution in [3.63, 3.8) is 0 Å². The fourth-order valence-electron chi connectivity index (χ4n) is 1.46. The summed E-state index contributed by atoms with van der Waals surface area (Å²) in [6, 6.07) is 7.76. The van der Waals surface area contributed by atoms with Gasteiger partial charge in [0.15, 0.2) is 0 Å². The maximum atomic E-state index is 5.91. The van der Waals surface area contributed by atoms with E-state index < -0.39 is 0 Å². The van der Waals surface area contributed by atoms with Crippen molar-refractivity contribution in [2.45, 2.75) is 0 Å². The molecule has 0 radical (unpaired) electrons. The Labute approximate surface area is 102 Å². The molecule has 1 nitrogen and oxygen atoms in total. The Bertz CT molecular complexity index is 508. The van der Waals surface area contributed by atoms with Crippen LogP contribution in [0.4, 0.5) is 0 Å². The summed E-state index contributed by atoms with van der Waals surface area (Å²) >= 11 is 9.27. The fraction of sp³-hybridized carbons (Fsp3) is 0.0833. The van der Waals surface area contributed by atoms with Gasteiger partial charge in [0.2, 0.25) is 0 Å².